The van der Waals surface area contributed by atoms with Crippen LogP contribution in [0.1, 0.15) is 26.2 Å². The highest BCUT2D eigenvalue weighted by Crippen LogP contribution is 1.94. The summed E-state index contributed by atoms with van der Waals surface area (Å²) in [5.74, 6) is 0. The second-order valence-corrected chi connectivity index (χ2v) is 3.30. The van der Waals surface area contributed by atoms with Crippen LogP contribution >= 0.6 is 0 Å². The minimum absolute atomic E-state index is 0. The Balaban J connectivity index is 0. The van der Waals surface area contributed by atoms with Crippen LogP contribution in [0.5, 0.6) is 0 Å². The van der Waals surface area contributed by atoms with Crippen LogP contribution < -0.4 is 5.46 Å². The fraction of sp³-hybridized carbons (Fsp3) is 0.364. The van der Waals surface area contributed by atoms with Gasteiger partial charge in [0.25, 0.3) is 0 Å². The third-order valence-electron chi connectivity index (χ3n) is 2.05. The minimum atomic E-state index is 0. The molecule has 0 heterocycles. The molecule has 15 heavy (non-hydrogen) atoms. The van der Waals surface area contributed by atoms with E-state index in [0.29, 0.717) is 13.0 Å². The monoisotopic (exact) mass is 210 g/mol. The molecular formula is C11H19BO3. The predicted molar refractivity (Wildman–Crippen MR) is 65.0 cm³/mol. The van der Waals surface area contributed by atoms with Crippen LogP contribution in [0.4, 0.5) is 0 Å². The predicted octanol–water partition coefficient (Wildman–Crippen LogP) is -0.184. The number of unbranched alkanes of at least 4 members (excludes halogenated alkanes) is 1. The van der Waals surface area contributed by atoms with E-state index in [4.69, 9.17) is 0 Å². The Bertz CT molecular complexity index is 262. The van der Waals surface area contributed by atoms with Crippen molar-refractivity contribution >= 4 is 18.4 Å². The van der Waals surface area contributed by atoms with Crippen molar-refractivity contribution in [3.63, 3.8) is 0 Å². The van der Waals surface area contributed by atoms with Gasteiger partial charge in [0.05, 0.1) is 5.68 Å². The molecule has 3 nitrogen and oxygen atoms in total. The Kier molecular flexibility index (Phi) is 10.3. The van der Waals surface area contributed by atoms with Gasteiger partial charge in [-0.05, 0) is 12.8 Å². The lowest BCUT2D eigenvalue weighted by molar-refractivity contribution is -0.112. The van der Waals surface area contributed by atoms with Crippen molar-refractivity contribution in [2.75, 3.05) is 0 Å². The summed E-state index contributed by atoms with van der Waals surface area (Å²) < 4.78 is 0. The van der Waals surface area contributed by atoms with E-state index in [1.807, 2.05) is 30.3 Å². The largest absolute Gasteiger partial charge is 0.412 e. The van der Waals surface area contributed by atoms with Crippen LogP contribution in [-0.2, 0) is 4.79 Å². The van der Waals surface area contributed by atoms with Crippen molar-refractivity contribution in [1.29, 1.82) is 0 Å². The van der Waals surface area contributed by atoms with Crippen molar-refractivity contribution in [2.24, 2.45) is 0 Å². The Morgan fingerprint density at radius 2 is 1.80 bits per heavy atom. The summed E-state index contributed by atoms with van der Waals surface area (Å²) in [5, 5.41) is 0. The van der Waals surface area contributed by atoms with Crippen LogP contribution in [-0.4, -0.2) is 23.9 Å². The van der Waals surface area contributed by atoms with Gasteiger partial charge in [-0.15, -0.1) is 0 Å². The fourth-order valence-corrected chi connectivity index (χ4v) is 1.29. The number of hydrogen-bond donors (Lipinski definition) is 0. The summed E-state index contributed by atoms with van der Waals surface area (Å²) in [6.07, 6.45) is 2.84. The van der Waals surface area contributed by atoms with Gasteiger partial charge in [-0.3, -0.25) is 0 Å². The second kappa shape index (κ2) is 9.43. The topological polar surface area (TPSA) is 80.1 Å². The summed E-state index contributed by atoms with van der Waals surface area (Å²) >= 11 is 0. The van der Waals surface area contributed by atoms with Crippen molar-refractivity contribution in [1.82, 2.24) is 0 Å². The molecule has 0 bridgehead atoms. The van der Waals surface area contributed by atoms with E-state index >= 15 is 0 Å². The van der Waals surface area contributed by atoms with E-state index < -0.39 is 0 Å². The molecule has 0 aromatic heterocycles. The van der Waals surface area contributed by atoms with E-state index in [1.165, 1.54) is 0 Å². The first kappa shape index (κ1) is 16.3. The Labute approximate surface area is 91.4 Å². The highest BCUT2D eigenvalue weighted by Gasteiger charge is 2.04. The smallest absolute Gasteiger partial charge is 0.238 e. The molecular weight excluding hydrogens is 191 g/mol. The van der Waals surface area contributed by atoms with Gasteiger partial charge in [-0.2, -0.15) is 0 Å². The minimum Gasteiger partial charge on any atom is -0.412 e. The van der Waals surface area contributed by atoms with Gasteiger partial charge in [0.1, 0.15) is 0 Å². The van der Waals surface area contributed by atoms with Crippen molar-refractivity contribution in [3.05, 3.63) is 30.3 Å². The summed E-state index contributed by atoms with van der Waals surface area (Å²) in [7, 11) is 0.598. The molecule has 0 unspecified atom stereocenters. The van der Waals surface area contributed by atoms with Gasteiger partial charge in [0, 0.05) is 0 Å². The molecule has 1 rings (SSSR count). The first-order valence-corrected chi connectivity index (χ1v) is 4.88. The molecule has 0 spiro atoms. The molecule has 0 atom stereocenters. The molecule has 0 saturated carbocycles. The lowest BCUT2D eigenvalue weighted by Gasteiger charge is -1.97. The van der Waals surface area contributed by atoms with Crippen molar-refractivity contribution in [2.45, 2.75) is 26.2 Å². The van der Waals surface area contributed by atoms with Crippen molar-refractivity contribution < 1.29 is 15.7 Å². The van der Waals surface area contributed by atoms with Crippen LogP contribution in [0.3, 0.4) is 0 Å². The average Bonchev–Trinajstić information content (AvgIpc) is 2.16. The van der Waals surface area contributed by atoms with E-state index in [2.05, 4.69) is 6.92 Å². The molecule has 84 valence electrons. The molecule has 0 aliphatic carbocycles. The van der Waals surface area contributed by atoms with Gasteiger partial charge < -0.3 is 15.7 Å². The highest BCUT2D eigenvalue weighted by molar-refractivity contribution is 6.84. The standard InChI is InChI=1S/C11H15BO.2H2O/c1-2-3-9-11(13)12-10-7-5-4-6-8-10;;/h4-8,12H,2-3,9H2,1H3;2*1H2. The third kappa shape index (κ3) is 6.88. The molecule has 0 amide bonds. The van der Waals surface area contributed by atoms with Crippen LogP contribution in [0.25, 0.3) is 0 Å². The Hall–Kier alpha value is -1.13. The number of hydrogen-bond acceptors (Lipinski definition) is 1. The Morgan fingerprint density at radius 1 is 1.20 bits per heavy atom. The van der Waals surface area contributed by atoms with Crippen LogP contribution in [0, 0.1) is 0 Å². The SMILES string of the molecule is CCCCC(=O)Bc1ccccc1.O.O. The molecule has 0 radical (unpaired) electrons. The summed E-state index contributed by atoms with van der Waals surface area (Å²) in [4.78, 5) is 11.4. The first-order valence-electron chi connectivity index (χ1n) is 4.88. The maximum atomic E-state index is 11.4. The zero-order chi connectivity index (χ0) is 9.52. The van der Waals surface area contributed by atoms with Gasteiger partial charge in [-0.1, -0.05) is 49.1 Å². The second-order valence-electron chi connectivity index (χ2n) is 3.30. The molecule has 1 aromatic rings. The van der Waals surface area contributed by atoms with E-state index in [0.717, 1.165) is 24.7 Å². The highest BCUT2D eigenvalue weighted by atomic mass is 16.1. The lowest BCUT2D eigenvalue weighted by Crippen LogP contribution is -2.22. The molecule has 0 fully saturated rings. The normalized spacial score (nSPS) is 8.33. The quantitative estimate of drug-likeness (QED) is 0.620. The number of benzene rings is 1. The van der Waals surface area contributed by atoms with Gasteiger partial charge in [0.15, 0.2) is 0 Å². The summed E-state index contributed by atoms with van der Waals surface area (Å²) in [6.45, 7) is 2.11. The Morgan fingerprint density at radius 3 is 2.33 bits per heavy atom. The van der Waals surface area contributed by atoms with Crippen molar-refractivity contribution in [3.8, 4) is 0 Å². The summed E-state index contributed by atoms with van der Waals surface area (Å²) in [6, 6.07) is 9.93. The third-order valence-corrected chi connectivity index (χ3v) is 2.05. The first-order chi connectivity index (χ1) is 6.33. The van der Waals surface area contributed by atoms with E-state index in [-0.39, 0.29) is 11.0 Å². The maximum Gasteiger partial charge on any atom is 0.238 e. The van der Waals surface area contributed by atoms with E-state index in [9.17, 15) is 4.79 Å². The number of carbonyl (C=O) groups is 1. The molecule has 4 heteroatoms. The zero-order valence-electron chi connectivity index (χ0n) is 9.12. The van der Waals surface area contributed by atoms with Gasteiger partial charge in [0.2, 0.25) is 7.28 Å². The van der Waals surface area contributed by atoms with Crippen LogP contribution in [0.15, 0.2) is 30.3 Å². The maximum absolute atomic E-state index is 11.4. The van der Waals surface area contributed by atoms with E-state index in [1.54, 1.807) is 0 Å². The van der Waals surface area contributed by atoms with Crippen LogP contribution in [0.2, 0.25) is 0 Å². The number of rotatable bonds is 5. The lowest BCUT2D eigenvalue weighted by atomic mass is 9.65. The van der Waals surface area contributed by atoms with Gasteiger partial charge >= 0.3 is 0 Å². The molecule has 4 N–H and O–H groups in total. The molecule has 0 saturated heterocycles. The number of carbonyl (C=O) groups excluding carboxylic acids is 1. The van der Waals surface area contributed by atoms with Gasteiger partial charge in [-0.25, -0.2) is 0 Å². The zero-order valence-corrected chi connectivity index (χ0v) is 9.12. The molecule has 1 aromatic carbocycles. The average molecular weight is 210 g/mol. The fourth-order valence-electron chi connectivity index (χ4n) is 1.29. The molecule has 0 aliphatic rings. The molecule has 0 aliphatic heterocycles. The summed E-state index contributed by atoms with van der Waals surface area (Å²) in [5.41, 5.74) is 1.48.